The lowest BCUT2D eigenvalue weighted by Gasteiger charge is -2.36. The smallest absolute Gasteiger partial charge is 0.225 e. The lowest BCUT2D eigenvalue weighted by Crippen LogP contribution is -2.56. The van der Waals surface area contributed by atoms with Crippen molar-refractivity contribution >= 4 is 35.8 Å². The maximum absolute atomic E-state index is 12.2. The average Bonchev–Trinajstić information content (AvgIpc) is 3.25. The maximum Gasteiger partial charge on any atom is 0.225 e. The van der Waals surface area contributed by atoms with Crippen molar-refractivity contribution in [3.05, 3.63) is 35.9 Å². The van der Waals surface area contributed by atoms with Gasteiger partial charge in [-0.2, -0.15) is 0 Å². The molecule has 0 spiro atoms. The van der Waals surface area contributed by atoms with Gasteiger partial charge in [0.05, 0.1) is 0 Å². The molecule has 0 bridgehead atoms. The second-order valence-corrected chi connectivity index (χ2v) is 9.59. The molecule has 1 amide bonds. The zero-order chi connectivity index (χ0) is 22.3. The Morgan fingerprint density at radius 3 is 2.31 bits per heavy atom. The summed E-state index contributed by atoms with van der Waals surface area (Å²) in [6, 6.07) is 11.4. The number of likely N-dealkylation sites (tertiary alicyclic amines) is 1. The first-order valence-electron chi connectivity index (χ1n) is 12.0. The van der Waals surface area contributed by atoms with Gasteiger partial charge in [0.1, 0.15) is 0 Å². The van der Waals surface area contributed by atoms with Crippen LogP contribution in [0.2, 0.25) is 0 Å². The number of amides is 1. The van der Waals surface area contributed by atoms with E-state index in [4.69, 9.17) is 0 Å². The summed E-state index contributed by atoms with van der Waals surface area (Å²) in [7, 11) is 1.84. The molecule has 1 atom stereocenters. The largest absolute Gasteiger partial charge is 0.355 e. The van der Waals surface area contributed by atoms with Gasteiger partial charge in [0.2, 0.25) is 5.91 Å². The third-order valence-corrected chi connectivity index (χ3v) is 6.84. The van der Waals surface area contributed by atoms with E-state index in [2.05, 4.69) is 58.2 Å². The molecule has 3 N–H and O–H groups in total. The molecule has 0 radical (unpaired) electrons. The van der Waals surface area contributed by atoms with Crippen molar-refractivity contribution in [1.29, 1.82) is 0 Å². The Bertz CT molecular complexity index is 725. The second kappa shape index (κ2) is 12.8. The van der Waals surface area contributed by atoms with Crippen LogP contribution in [0.3, 0.4) is 0 Å². The number of benzene rings is 1. The minimum Gasteiger partial charge on any atom is -0.355 e. The molecule has 180 valence electrons. The van der Waals surface area contributed by atoms with E-state index in [1.807, 2.05) is 25.8 Å². The topological polar surface area (TPSA) is 68.8 Å². The predicted octanol–water partition coefficient (Wildman–Crippen LogP) is 4.08. The molecular weight excluding hydrogens is 513 g/mol. The van der Waals surface area contributed by atoms with Gasteiger partial charge in [-0.1, -0.05) is 57.0 Å². The standard InChI is InChI=1S/C25H41N5O.HI/c1-19(2)23(31)30-16-12-22(13-17-30)28-24(26-4)27-18-25(14-8-9-15-25)29-20(3)21-10-6-5-7-11-21;/h5-7,10-11,19-20,22,29H,8-9,12-18H2,1-4H3,(H2,26,27,28);1H. The van der Waals surface area contributed by atoms with E-state index in [1.165, 1.54) is 31.2 Å². The van der Waals surface area contributed by atoms with Crippen LogP contribution in [0.25, 0.3) is 0 Å². The summed E-state index contributed by atoms with van der Waals surface area (Å²) in [5.41, 5.74) is 1.43. The van der Waals surface area contributed by atoms with Crippen molar-refractivity contribution in [2.75, 3.05) is 26.7 Å². The molecule has 32 heavy (non-hydrogen) atoms. The van der Waals surface area contributed by atoms with E-state index in [0.717, 1.165) is 38.4 Å². The molecule has 1 unspecified atom stereocenters. The first-order chi connectivity index (χ1) is 14.9. The van der Waals surface area contributed by atoms with Crippen LogP contribution in [-0.4, -0.2) is 55.0 Å². The quantitative estimate of drug-likeness (QED) is 0.270. The fraction of sp³-hybridized carbons (Fsp3) is 0.680. The first-order valence-corrected chi connectivity index (χ1v) is 12.0. The Balaban J connectivity index is 0.00000363. The first kappa shape index (κ1) is 26.9. The number of hydrogen-bond acceptors (Lipinski definition) is 3. The van der Waals surface area contributed by atoms with Crippen LogP contribution in [-0.2, 0) is 4.79 Å². The van der Waals surface area contributed by atoms with E-state index in [1.54, 1.807) is 0 Å². The van der Waals surface area contributed by atoms with Crippen LogP contribution in [0.5, 0.6) is 0 Å². The SMILES string of the molecule is CN=C(NCC1(NC(C)c2ccccc2)CCCC1)NC1CCN(C(=O)C(C)C)CC1.I. The number of carbonyl (C=O) groups excluding carboxylic acids is 1. The molecule has 1 saturated carbocycles. The number of hydrogen-bond donors (Lipinski definition) is 3. The number of halogens is 1. The number of piperidine rings is 1. The highest BCUT2D eigenvalue weighted by Crippen LogP contribution is 2.31. The van der Waals surface area contributed by atoms with Crippen LogP contribution >= 0.6 is 24.0 Å². The molecule has 0 aromatic heterocycles. The lowest BCUT2D eigenvalue weighted by atomic mass is 9.94. The molecule has 1 aromatic rings. The van der Waals surface area contributed by atoms with E-state index < -0.39 is 0 Å². The zero-order valence-electron chi connectivity index (χ0n) is 20.2. The third-order valence-electron chi connectivity index (χ3n) is 6.84. The molecule has 7 heteroatoms. The van der Waals surface area contributed by atoms with Gasteiger partial charge in [-0.15, -0.1) is 24.0 Å². The Kier molecular flexibility index (Phi) is 10.7. The minimum absolute atomic E-state index is 0. The van der Waals surface area contributed by atoms with Crippen LogP contribution in [0.15, 0.2) is 35.3 Å². The number of aliphatic imine (C=N–C) groups is 1. The lowest BCUT2D eigenvalue weighted by molar-refractivity contribution is -0.135. The van der Waals surface area contributed by atoms with Gasteiger partial charge >= 0.3 is 0 Å². The summed E-state index contributed by atoms with van der Waals surface area (Å²) in [6.07, 6.45) is 6.84. The zero-order valence-corrected chi connectivity index (χ0v) is 22.5. The van der Waals surface area contributed by atoms with Gasteiger partial charge < -0.3 is 20.9 Å². The summed E-state index contributed by atoms with van der Waals surface area (Å²) in [5.74, 6) is 1.21. The molecule has 1 aliphatic carbocycles. The molecule has 1 heterocycles. The number of nitrogens with zero attached hydrogens (tertiary/aromatic N) is 2. The number of guanidine groups is 1. The normalized spacial score (nSPS) is 20.0. The average molecular weight is 556 g/mol. The van der Waals surface area contributed by atoms with Gasteiger partial charge in [0.15, 0.2) is 5.96 Å². The summed E-state index contributed by atoms with van der Waals surface area (Å²) >= 11 is 0. The minimum atomic E-state index is 0. The van der Waals surface area contributed by atoms with Crippen molar-refractivity contribution in [3.8, 4) is 0 Å². The van der Waals surface area contributed by atoms with Gasteiger partial charge in [0.25, 0.3) is 0 Å². The number of rotatable bonds is 7. The van der Waals surface area contributed by atoms with Crippen molar-refractivity contribution < 1.29 is 4.79 Å². The van der Waals surface area contributed by atoms with E-state index in [0.29, 0.717) is 12.1 Å². The van der Waals surface area contributed by atoms with Crippen molar-refractivity contribution in [2.24, 2.45) is 10.9 Å². The van der Waals surface area contributed by atoms with Crippen molar-refractivity contribution in [1.82, 2.24) is 20.9 Å². The van der Waals surface area contributed by atoms with E-state index in [9.17, 15) is 4.79 Å². The molecule has 1 aliphatic heterocycles. The summed E-state index contributed by atoms with van der Waals surface area (Å²) in [6.45, 7) is 8.73. The Morgan fingerprint density at radius 1 is 1.12 bits per heavy atom. The highest BCUT2D eigenvalue weighted by atomic mass is 127. The molecule has 1 saturated heterocycles. The van der Waals surface area contributed by atoms with Crippen LogP contribution in [0.4, 0.5) is 0 Å². The van der Waals surface area contributed by atoms with Crippen LogP contribution < -0.4 is 16.0 Å². The highest BCUT2D eigenvalue weighted by molar-refractivity contribution is 14.0. The Morgan fingerprint density at radius 2 is 1.75 bits per heavy atom. The van der Waals surface area contributed by atoms with Crippen molar-refractivity contribution in [3.63, 3.8) is 0 Å². The molecule has 6 nitrogen and oxygen atoms in total. The molecule has 2 fully saturated rings. The third kappa shape index (κ3) is 7.33. The fourth-order valence-electron chi connectivity index (χ4n) is 4.96. The number of nitrogens with one attached hydrogen (secondary N) is 3. The monoisotopic (exact) mass is 555 g/mol. The van der Waals surface area contributed by atoms with Gasteiger partial charge in [0, 0.05) is 50.2 Å². The Hall–Kier alpha value is -1.35. The van der Waals surface area contributed by atoms with Gasteiger partial charge in [-0.3, -0.25) is 9.79 Å². The predicted molar refractivity (Wildman–Crippen MR) is 144 cm³/mol. The van der Waals surface area contributed by atoms with Crippen molar-refractivity contribution in [2.45, 2.75) is 76.9 Å². The fourth-order valence-corrected chi connectivity index (χ4v) is 4.96. The highest BCUT2D eigenvalue weighted by Gasteiger charge is 2.35. The summed E-state index contributed by atoms with van der Waals surface area (Å²) in [5, 5.41) is 11.1. The summed E-state index contributed by atoms with van der Waals surface area (Å²) < 4.78 is 0. The van der Waals surface area contributed by atoms with Gasteiger partial charge in [-0.25, -0.2) is 0 Å². The Labute approximate surface area is 211 Å². The molecule has 2 aliphatic rings. The summed E-state index contributed by atoms with van der Waals surface area (Å²) in [4.78, 5) is 18.7. The number of carbonyl (C=O) groups is 1. The van der Waals surface area contributed by atoms with Gasteiger partial charge in [-0.05, 0) is 38.2 Å². The molecule has 1 aromatic carbocycles. The maximum atomic E-state index is 12.2. The second-order valence-electron chi connectivity index (χ2n) is 9.59. The van der Waals surface area contributed by atoms with Crippen LogP contribution in [0.1, 0.15) is 70.9 Å². The van der Waals surface area contributed by atoms with E-state index >= 15 is 0 Å². The molecular formula is C25H42IN5O. The molecule has 3 rings (SSSR count). The van der Waals surface area contributed by atoms with E-state index in [-0.39, 0.29) is 41.3 Å². The van der Waals surface area contributed by atoms with Crippen LogP contribution in [0, 0.1) is 5.92 Å².